The Kier molecular flexibility index (Phi) is 3.36. The fraction of sp³-hybridized carbons (Fsp3) is 1.00. The zero-order valence-electron chi connectivity index (χ0n) is 8.71. The second-order valence-corrected chi connectivity index (χ2v) is 4.21. The minimum Gasteiger partial charge on any atom is -0.378 e. The van der Waals surface area contributed by atoms with E-state index in [9.17, 15) is 4.39 Å². The Labute approximate surface area is 84.6 Å². The van der Waals surface area contributed by atoms with Gasteiger partial charge < -0.3 is 15.0 Å². The van der Waals surface area contributed by atoms with Crippen LogP contribution in [0.3, 0.4) is 0 Å². The van der Waals surface area contributed by atoms with Crippen molar-refractivity contribution >= 4 is 0 Å². The topological polar surface area (TPSA) is 24.5 Å². The van der Waals surface area contributed by atoms with Crippen molar-refractivity contribution in [2.24, 2.45) is 0 Å². The van der Waals surface area contributed by atoms with Crippen LogP contribution in [0.2, 0.25) is 0 Å². The van der Waals surface area contributed by atoms with Gasteiger partial charge >= 0.3 is 0 Å². The maximum atomic E-state index is 13.7. The molecule has 0 amide bonds. The molecule has 2 atom stereocenters. The summed E-state index contributed by atoms with van der Waals surface area (Å²) in [6.07, 6.45) is 0.204. The number of ether oxygens (including phenoxy) is 1. The van der Waals surface area contributed by atoms with Crippen LogP contribution in [0.4, 0.5) is 4.39 Å². The summed E-state index contributed by atoms with van der Waals surface area (Å²) in [6, 6.07) is 0.443. The maximum Gasteiger partial charge on any atom is 0.128 e. The summed E-state index contributed by atoms with van der Waals surface area (Å²) < 4.78 is 18.7. The smallest absolute Gasteiger partial charge is 0.128 e. The summed E-state index contributed by atoms with van der Waals surface area (Å²) in [4.78, 5) is 2.17. The standard InChI is InChI=1S/C10H19FN2O/c1-2-13-4-3-10(9(11)5-13)12-8-6-14-7-8/h8-10,12H,2-7H2,1H3/t9-,10+/m0/s1. The van der Waals surface area contributed by atoms with E-state index in [4.69, 9.17) is 4.74 Å². The third kappa shape index (κ3) is 2.24. The molecule has 0 saturated carbocycles. The van der Waals surface area contributed by atoms with E-state index < -0.39 is 6.17 Å². The van der Waals surface area contributed by atoms with Gasteiger partial charge in [-0.25, -0.2) is 4.39 Å². The molecule has 0 spiro atoms. The molecule has 2 saturated heterocycles. The number of likely N-dealkylation sites (tertiary alicyclic amines) is 1. The van der Waals surface area contributed by atoms with E-state index in [2.05, 4.69) is 17.1 Å². The van der Waals surface area contributed by atoms with Gasteiger partial charge in [-0.15, -0.1) is 0 Å². The monoisotopic (exact) mass is 202 g/mol. The second kappa shape index (κ2) is 4.55. The summed E-state index contributed by atoms with van der Waals surface area (Å²) in [5, 5.41) is 3.32. The van der Waals surface area contributed by atoms with E-state index in [0.717, 1.165) is 32.7 Å². The Balaban J connectivity index is 1.76. The number of alkyl halides is 1. The van der Waals surface area contributed by atoms with Gasteiger partial charge in [-0.05, 0) is 19.5 Å². The van der Waals surface area contributed by atoms with Gasteiger partial charge in [-0.2, -0.15) is 0 Å². The van der Waals surface area contributed by atoms with Crippen molar-refractivity contribution in [3.63, 3.8) is 0 Å². The van der Waals surface area contributed by atoms with Crippen molar-refractivity contribution in [3.8, 4) is 0 Å². The quantitative estimate of drug-likeness (QED) is 0.717. The average Bonchev–Trinajstić information content (AvgIpc) is 2.13. The molecule has 0 aromatic heterocycles. The fourth-order valence-electron chi connectivity index (χ4n) is 2.08. The first-order chi connectivity index (χ1) is 6.79. The summed E-state index contributed by atoms with van der Waals surface area (Å²) in [6.45, 7) is 6.14. The molecule has 2 rings (SSSR count). The molecule has 3 nitrogen and oxygen atoms in total. The van der Waals surface area contributed by atoms with Crippen molar-refractivity contribution < 1.29 is 9.13 Å². The molecule has 82 valence electrons. The highest BCUT2D eigenvalue weighted by molar-refractivity contribution is 4.88. The molecule has 0 aromatic carbocycles. The van der Waals surface area contributed by atoms with Crippen LogP contribution in [0, 0.1) is 0 Å². The Morgan fingerprint density at radius 1 is 1.50 bits per heavy atom. The summed E-state index contributed by atoms with van der Waals surface area (Å²) >= 11 is 0. The third-order valence-corrected chi connectivity index (χ3v) is 3.16. The first-order valence-electron chi connectivity index (χ1n) is 5.50. The summed E-state index contributed by atoms with van der Waals surface area (Å²) in [5.41, 5.74) is 0. The van der Waals surface area contributed by atoms with Crippen molar-refractivity contribution in [2.75, 3.05) is 32.8 Å². The lowest BCUT2D eigenvalue weighted by molar-refractivity contribution is -0.0213. The molecule has 1 N–H and O–H groups in total. The fourth-order valence-corrected chi connectivity index (χ4v) is 2.08. The Morgan fingerprint density at radius 3 is 2.79 bits per heavy atom. The third-order valence-electron chi connectivity index (χ3n) is 3.16. The maximum absolute atomic E-state index is 13.7. The van der Waals surface area contributed by atoms with E-state index in [-0.39, 0.29) is 6.04 Å². The predicted molar refractivity (Wildman–Crippen MR) is 53.2 cm³/mol. The minimum atomic E-state index is -0.718. The highest BCUT2D eigenvalue weighted by atomic mass is 19.1. The molecule has 0 unspecified atom stereocenters. The average molecular weight is 202 g/mol. The lowest BCUT2D eigenvalue weighted by Gasteiger charge is -2.38. The largest absolute Gasteiger partial charge is 0.378 e. The number of piperidine rings is 1. The summed E-state index contributed by atoms with van der Waals surface area (Å²) in [7, 11) is 0. The number of nitrogens with one attached hydrogen (secondary N) is 1. The highest BCUT2D eigenvalue weighted by Gasteiger charge is 2.31. The van der Waals surface area contributed by atoms with Gasteiger partial charge in [0, 0.05) is 12.6 Å². The van der Waals surface area contributed by atoms with Gasteiger partial charge in [0.1, 0.15) is 6.17 Å². The summed E-state index contributed by atoms with van der Waals surface area (Å²) in [5.74, 6) is 0. The predicted octanol–water partition coefficient (Wildman–Crippen LogP) is 0.407. The molecule has 2 aliphatic rings. The number of halogens is 1. The van der Waals surface area contributed by atoms with Crippen molar-refractivity contribution in [1.82, 2.24) is 10.2 Å². The lowest BCUT2D eigenvalue weighted by Crippen LogP contribution is -2.57. The first kappa shape index (κ1) is 10.3. The van der Waals surface area contributed by atoms with Gasteiger partial charge in [-0.1, -0.05) is 6.92 Å². The van der Waals surface area contributed by atoms with Crippen molar-refractivity contribution in [1.29, 1.82) is 0 Å². The van der Waals surface area contributed by atoms with Crippen LogP contribution in [0.5, 0.6) is 0 Å². The molecule has 2 heterocycles. The number of nitrogens with zero attached hydrogens (tertiary/aromatic N) is 1. The molecule has 0 bridgehead atoms. The normalized spacial score (nSPS) is 35.6. The molecule has 0 aliphatic carbocycles. The molecule has 14 heavy (non-hydrogen) atoms. The van der Waals surface area contributed by atoms with E-state index in [1.54, 1.807) is 0 Å². The van der Waals surface area contributed by atoms with E-state index >= 15 is 0 Å². The van der Waals surface area contributed by atoms with Gasteiger partial charge in [-0.3, -0.25) is 0 Å². The van der Waals surface area contributed by atoms with Crippen molar-refractivity contribution in [2.45, 2.75) is 31.6 Å². The van der Waals surface area contributed by atoms with E-state index in [1.807, 2.05) is 0 Å². The molecule has 4 heteroatoms. The minimum absolute atomic E-state index is 0.0479. The molecule has 0 radical (unpaired) electrons. The zero-order chi connectivity index (χ0) is 9.97. The second-order valence-electron chi connectivity index (χ2n) is 4.21. The molecule has 0 aromatic rings. The SMILES string of the molecule is CCN1CC[C@@H](NC2COC2)[C@@H](F)C1. The van der Waals surface area contributed by atoms with Gasteiger partial charge in [0.25, 0.3) is 0 Å². The van der Waals surface area contributed by atoms with Gasteiger partial charge in [0.05, 0.1) is 19.3 Å². The van der Waals surface area contributed by atoms with Crippen LogP contribution in [0.15, 0.2) is 0 Å². The Morgan fingerprint density at radius 2 is 2.29 bits per heavy atom. The van der Waals surface area contributed by atoms with Crippen molar-refractivity contribution in [3.05, 3.63) is 0 Å². The van der Waals surface area contributed by atoms with E-state index in [1.165, 1.54) is 0 Å². The Hall–Kier alpha value is -0.190. The number of rotatable bonds is 3. The molecular formula is C10H19FN2O. The molecule has 2 fully saturated rings. The van der Waals surface area contributed by atoms with Crippen LogP contribution in [-0.4, -0.2) is 56.0 Å². The Bertz CT molecular complexity index is 187. The first-order valence-corrected chi connectivity index (χ1v) is 5.50. The van der Waals surface area contributed by atoms with E-state index in [0.29, 0.717) is 12.6 Å². The van der Waals surface area contributed by atoms with Crippen LogP contribution < -0.4 is 5.32 Å². The van der Waals surface area contributed by atoms with Crippen LogP contribution in [-0.2, 0) is 4.74 Å². The van der Waals surface area contributed by atoms with Crippen LogP contribution in [0.1, 0.15) is 13.3 Å². The number of hydrogen-bond acceptors (Lipinski definition) is 3. The molecular weight excluding hydrogens is 183 g/mol. The van der Waals surface area contributed by atoms with Crippen LogP contribution >= 0.6 is 0 Å². The van der Waals surface area contributed by atoms with Gasteiger partial charge in [0.2, 0.25) is 0 Å². The zero-order valence-corrected chi connectivity index (χ0v) is 8.71. The highest BCUT2D eigenvalue weighted by Crippen LogP contribution is 2.15. The lowest BCUT2D eigenvalue weighted by atomic mass is 10.0. The van der Waals surface area contributed by atoms with Crippen LogP contribution in [0.25, 0.3) is 0 Å². The number of hydrogen-bond donors (Lipinski definition) is 1. The molecule has 2 aliphatic heterocycles. The van der Waals surface area contributed by atoms with Gasteiger partial charge in [0.15, 0.2) is 0 Å².